The Balaban J connectivity index is 1.51. The lowest BCUT2D eigenvalue weighted by molar-refractivity contribution is 0.0187. The van der Waals surface area contributed by atoms with Gasteiger partial charge in [-0.15, -0.1) is 0 Å². The van der Waals surface area contributed by atoms with Gasteiger partial charge in [0, 0.05) is 44.5 Å². The van der Waals surface area contributed by atoms with E-state index in [0.29, 0.717) is 44.7 Å². The molecule has 174 valence electrons. The van der Waals surface area contributed by atoms with Crippen molar-refractivity contribution in [2.75, 3.05) is 32.7 Å². The molecule has 31 heavy (non-hydrogen) atoms. The average molecular weight is 441 g/mol. The SMILES string of the molecule is CC(C)(C)OC(=O)N1CCC(n2cccc2C(=O)NC2CCN(CC(F)F)CC2)CC1. The van der Waals surface area contributed by atoms with E-state index in [9.17, 15) is 18.4 Å². The summed E-state index contributed by atoms with van der Waals surface area (Å²) in [6.07, 6.45) is 2.14. The molecule has 3 rings (SSSR count). The lowest BCUT2D eigenvalue weighted by Crippen LogP contribution is -2.46. The Morgan fingerprint density at radius 3 is 2.35 bits per heavy atom. The molecule has 0 atom stereocenters. The van der Waals surface area contributed by atoms with Crippen LogP contribution in [0.1, 0.15) is 63.0 Å². The van der Waals surface area contributed by atoms with Gasteiger partial charge in [-0.05, 0) is 58.6 Å². The second-order valence-corrected chi connectivity index (χ2v) is 9.44. The van der Waals surface area contributed by atoms with Crippen molar-refractivity contribution in [3.63, 3.8) is 0 Å². The number of nitrogens with zero attached hydrogens (tertiary/aromatic N) is 3. The minimum Gasteiger partial charge on any atom is -0.444 e. The van der Waals surface area contributed by atoms with Gasteiger partial charge in [-0.1, -0.05) is 0 Å². The fourth-order valence-corrected chi connectivity index (χ4v) is 4.27. The van der Waals surface area contributed by atoms with Crippen LogP contribution in [0.4, 0.5) is 13.6 Å². The molecule has 1 aromatic rings. The summed E-state index contributed by atoms with van der Waals surface area (Å²) >= 11 is 0. The second kappa shape index (κ2) is 9.97. The standard InChI is InChI=1S/C22H34F2N4O3/c1-22(2,3)31-21(30)27-13-8-17(9-14-27)28-10-4-5-18(28)20(29)25-16-6-11-26(12-7-16)15-19(23)24/h4-5,10,16-17,19H,6-9,11-15H2,1-3H3,(H,25,29). The van der Waals surface area contributed by atoms with Gasteiger partial charge in [0.25, 0.3) is 12.3 Å². The van der Waals surface area contributed by atoms with E-state index in [0.717, 1.165) is 12.8 Å². The van der Waals surface area contributed by atoms with Gasteiger partial charge in [0.15, 0.2) is 0 Å². The first-order chi connectivity index (χ1) is 14.6. The highest BCUT2D eigenvalue weighted by Crippen LogP contribution is 2.26. The van der Waals surface area contributed by atoms with E-state index in [4.69, 9.17) is 4.74 Å². The summed E-state index contributed by atoms with van der Waals surface area (Å²) in [5, 5.41) is 3.07. The van der Waals surface area contributed by atoms with Crippen LogP contribution in [0.25, 0.3) is 0 Å². The fourth-order valence-electron chi connectivity index (χ4n) is 4.27. The summed E-state index contributed by atoms with van der Waals surface area (Å²) < 4.78 is 32.5. The molecule has 2 aliphatic heterocycles. The third kappa shape index (κ3) is 6.66. The third-order valence-corrected chi connectivity index (χ3v) is 5.84. The minimum atomic E-state index is -2.32. The van der Waals surface area contributed by atoms with Crippen molar-refractivity contribution >= 4 is 12.0 Å². The molecule has 0 spiro atoms. The van der Waals surface area contributed by atoms with E-state index >= 15 is 0 Å². The molecule has 1 aromatic heterocycles. The Bertz CT molecular complexity index is 746. The quantitative estimate of drug-likeness (QED) is 0.761. The van der Waals surface area contributed by atoms with Crippen LogP contribution in [-0.2, 0) is 4.74 Å². The number of halogens is 2. The number of piperidine rings is 2. The van der Waals surface area contributed by atoms with E-state index in [1.807, 2.05) is 43.7 Å². The summed E-state index contributed by atoms with van der Waals surface area (Å²) in [4.78, 5) is 28.6. The van der Waals surface area contributed by atoms with Crippen LogP contribution < -0.4 is 5.32 Å². The first kappa shape index (κ1) is 23.5. The molecule has 1 N–H and O–H groups in total. The monoisotopic (exact) mass is 440 g/mol. The number of aromatic nitrogens is 1. The Kier molecular flexibility index (Phi) is 7.56. The molecule has 7 nitrogen and oxygen atoms in total. The van der Waals surface area contributed by atoms with Crippen LogP contribution in [0.3, 0.4) is 0 Å². The van der Waals surface area contributed by atoms with Crippen molar-refractivity contribution in [2.24, 2.45) is 0 Å². The topological polar surface area (TPSA) is 66.8 Å². The van der Waals surface area contributed by atoms with Gasteiger partial charge in [0.1, 0.15) is 11.3 Å². The average Bonchev–Trinajstić information content (AvgIpc) is 3.18. The second-order valence-electron chi connectivity index (χ2n) is 9.44. The summed E-state index contributed by atoms with van der Waals surface area (Å²) in [6.45, 7) is 7.66. The Morgan fingerprint density at radius 1 is 1.13 bits per heavy atom. The van der Waals surface area contributed by atoms with Crippen LogP contribution >= 0.6 is 0 Å². The summed E-state index contributed by atoms with van der Waals surface area (Å²) in [6, 6.07) is 3.81. The van der Waals surface area contributed by atoms with Crippen molar-refractivity contribution in [3.8, 4) is 0 Å². The number of nitrogens with one attached hydrogen (secondary N) is 1. The highest BCUT2D eigenvalue weighted by molar-refractivity contribution is 5.93. The molecule has 0 saturated carbocycles. The molecular weight excluding hydrogens is 406 g/mol. The fraction of sp³-hybridized carbons (Fsp3) is 0.727. The molecule has 0 unspecified atom stereocenters. The molecule has 9 heteroatoms. The Hall–Kier alpha value is -2.16. The van der Waals surface area contributed by atoms with Crippen LogP contribution in [0.5, 0.6) is 0 Å². The molecule has 2 fully saturated rings. The number of carbonyl (C=O) groups is 2. The van der Waals surface area contributed by atoms with E-state index in [1.54, 1.807) is 9.80 Å². The van der Waals surface area contributed by atoms with Gasteiger partial charge in [0.05, 0.1) is 6.54 Å². The number of ether oxygens (including phenoxy) is 1. The highest BCUT2D eigenvalue weighted by Gasteiger charge is 2.29. The highest BCUT2D eigenvalue weighted by atomic mass is 19.3. The number of alkyl halides is 2. The molecule has 0 aromatic carbocycles. The van der Waals surface area contributed by atoms with Gasteiger partial charge in [-0.25, -0.2) is 13.6 Å². The van der Waals surface area contributed by atoms with E-state index in [1.165, 1.54) is 0 Å². The number of amides is 2. The van der Waals surface area contributed by atoms with Crippen molar-refractivity contribution < 1.29 is 23.1 Å². The van der Waals surface area contributed by atoms with Crippen molar-refractivity contribution in [2.45, 2.75) is 70.6 Å². The van der Waals surface area contributed by atoms with Crippen LogP contribution in [0.2, 0.25) is 0 Å². The molecule has 2 saturated heterocycles. The van der Waals surface area contributed by atoms with Crippen molar-refractivity contribution in [3.05, 3.63) is 24.0 Å². The first-order valence-electron chi connectivity index (χ1n) is 11.1. The maximum Gasteiger partial charge on any atom is 0.410 e. The molecule has 2 aliphatic rings. The maximum atomic E-state index is 12.9. The number of rotatable bonds is 5. The van der Waals surface area contributed by atoms with Gasteiger partial charge in [-0.3, -0.25) is 9.69 Å². The zero-order valence-corrected chi connectivity index (χ0v) is 18.7. The summed E-state index contributed by atoms with van der Waals surface area (Å²) in [5.41, 5.74) is 0.0839. The number of hydrogen-bond donors (Lipinski definition) is 1. The molecule has 0 radical (unpaired) electrons. The molecule has 0 bridgehead atoms. The van der Waals surface area contributed by atoms with Gasteiger partial charge < -0.3 is 19.5 Å². The predicted molar refractivity (Wildman–Crippen MR) is 113 cm³/mol. The van der Waals surface area contributed by atoms with E-state index in [-0.39, 0.29) is 30.6 Å². The first-order valence-corrected chi connectivity index (χ1v) is 11.1. The summed E-state index contributed by atoms with van der Waals surface area (Å²) in [5.74, 6) is -0.133. The summed E-state index contributed by atoms with van der Waals surface area (Å²) in [7, 11) is 0. The number of likely N-dealkylation sites (tertiary alicyclic amines) is 2. The van der Waals surface area contributed by atoms with Crippen molar-refractivity contribution in [1.29, 1.82) is 0 Å². The zero-order valence-electron chi connectivity index (χ0n) is 18.7. The van der Waals surface area contributed by atoms with Crippen LogP contribution in [-0.4, -0.2) is 77.2 Å². The van der Waals surface area contributed by atoms with Gasteiger partial charge in [0.2, 0.25) is 0 Å². The smallest absolute Gasteiger partial charge is 0.410 e. The van der Waals surface area contributed by atoms with E-state index in [2.05, 4.69) is 5.32 Å². The maximum absolute atomic E-state index is 12.9. The van der Waals surface area contributed by atoms with Gasteiger partial charge >= 0.3 is 6.09 Å². The third-order valence-electron chi connectivity index (χ3n) is 5.84. The number of carbonyl (C=O) groups excluding carboxylic acids is 2. The number of hydrogen-bond acceptors (Lipinski definition) is 4. The van der Waals surface area contributed by atoms with Crippen LogP contribution in [0.15, 0.2) is 18.3 Å². The molecule has 0 aliphatic carbocycles. The Labute approximate surface area is 182 Å². The lowest BCUT2D eigenvalue weighted by Gasteiger charge is -2.35. The minimum absolute atomic E-state index is 0.00112. The predicted octanol–water partition coefficient (Wildman–Crippen LogP) is 3.52. The Morgan fingerprint density at radius 2 is 1.77 bits per heavy atom. The van der Waals surface area contributed by atoms with Gasteiger partial charge in [-0.2, -0.15) is 0 Å². The molecular formula is C22H34F2N4O3. The zero-order chi connectivity index (χ0) is 22.6. The molecule has 2 amide bonds. The van der Waals surface area contributed by atoms with E-state index < -0.39 is 12.0 Å². The lowest BCUT2D eigenvalue weighted by atomic mass is 10.0. The molecule has 3 heterocycles. The largest absolute Gasteiger partial charge is 0.444 e. The van der Waals surface area contributed by atoms with Crippen molar-refractivity contribution in [1.82, 2.24) is 19.7 Å². The van der Waals surface area contributed by atoms with Crippen LogP contribution in [0, 0.1) is 0 Å². The normalized spacial score (nSPS) is 19.6.